The molecule has 2 aromatic heterocycles. The van der Waals surface area contributed by atoms with E-state index in [0.29, 0.717) is 22.5 Å². The van der Waals surface area contributed by atoms with E-state index in [1.807, 2.05) is 37.4 Å². The zero-order chi connectivity index (χ0) is 23.2. The van der Waals surface area contributed by atoms with Crippen molar-refractivity contribution in [2.24, 2.45) is 0 Å². The normalized spacial score (nSPS) is 10.7. The molecule has 0 aliphatic carbocycles. The van der Waals surface area contributed by atoms with Crippen LogP contribution in [0.25, 0.3) is 22.3 Å². The van der Waals surface area contributed by atoms with Crippen molar-refractivity contribution in [2.45, 2.75) is 0 Å². The molecule has 0 radical (unpaired) electrons. The van der Waals surface area contributed by atoms with Gasteiger partial charge in [0.2, 0.25) is 5.91 Å². The quantitative estimate of drug-likeness (QED) is 0.217. The number of likely N-dealkylation sites (N-methyl/N-ethyl adjacent to an activating group) is 1. The molecular weight excluding hydrogens is 421 g/mol. The van der Waals surface area contributed by atoms with Crippen molar-refractivity contribution >= 4 is 28.3 Å². The van der Waals surface area contributed by atoms with Gasteiger partial charge in [0.15, 0.2) is 11.6 Å². The number of rotatable bonds is 9. The second kappa shape index (κ2) is 9.97. The van der Waals surface area contributed by atoms with Gasteiger partial charge in [-0.25, -0.2) is 9.37 Å². The van der Waals surface area contributed by atoms with Gasteiger partial charge >= 0.3 is 0 Å². The maximum absolute atomic E-state index is 14.7. The molecule has 168 valence electrons. The van der Waals surface area contributed by atoms with Crippen LogP contribution in [0.15, 0.2) is 73.4 Å². The van der Waals surface area contributed by atoms with Crippen LogP contribution in [0.2, 0.25) is 0 Å². The third kappa shape index (κ3) is 5.19. The summed E-state index contributed by atoms with van der Waals surface area (Å²) in [5, 5.41) is 9.59. The van der Waals surface area contributed by atoms with E-state index in [2.05, 4.69) is 32.5 Å². The van der Waals surface area contributed by atoms with E-state index < -0.39 is 5.82 Å². The molecule has 4 rings (SSSR count). The Hall–Kier alpha value is -4.17. The van der Waals surface area contributed by atoms with Crippen LogP contribution in [0.5, 0.6) is 11.5 Å². The largest absolute Gasteiger partial charge is 0.453 e. The topological polar surface area (TPSA) is 91.1 Å². The number of fused-ring (bicyclic) bond motifs is 1. The van der Waals surface area contributed by atoms with E-state index in [-0.39, 0.29) is 11.7 Å². The van der Waals surface area contributed by atoms with Crippen molar-refractivity contribution in [3.63, 3.8) is 0 Å². The Labute approximate surface area is 190 Å². The van der Waals surface area contributed by atoms with Gasteiger partial charge in [-0.3, -0.25) is 4.79 Å². The van der Waals surface area contributed by atoms with E-state index in [1.54, 1.807) is 24.3 Å². The fourth-order valence-electron chi connectivity index (χ4n) is 3.33. The number of halogens is 1. The summed E-state index contributed by atoms with van der Waals surface area (Å²) >= 11 is 0. The fraction of sp³-hybridized carbons (Fsp3) is 0.120. The van der Waals surface area contributed by atoms with Gasteiger partial charge in [0.05, 0.1) is 11.6 Å². The summed E-state index contributed by atoms with van der Waals surface area (Å²) in [5.41, 5.74) is 3.77. The minimum absolute atomic E-state index is 0.0556. The first-order valence-corrected chi connectivity index (χ1v) is 10.4. The number of carbonyl (C=O) groups is 1. The third-order valence-electron chi connectivity index (χ3n) is 4.97. The van der Waals surface area contributed by atoms with Crippen LogP contribution in [0, 0.1) is 5.82 Å². The lowest BCUT2D eigenvalue weighted by atomic mass is 10.1. The highest BCUT2D eigenvalue weighted by atomic mass is 19.1. The first kappa shape index (κ1) is 22.0. The lowest BCUT2D eigenvalue weighted by Crippen LogP contribution is -2.17. The van der Waals surface area contributed by atoms with Crippen molar-refractivity contribution in [3.05, 3.63) is 79.3 Å². The number of amides is 1. The average molecular weight is 445 g/mol. The maximum Gasteiger partial charge on any atom is 0.247 e. The van der Waals surface area contributed by atoms with Crippen LogP contribution in [-0.4, -0.2) is 36.0 Å². The number of anilines is 2. The van der Waals surface area contributed by atoms with Crippen LogP contribution < -0.4 is 20.7 Å². The molecular formula is C25H24FN5O2. The lowest BCUT2D eigenvalue weighted by Gasteiger charge is -2.09. The molecule has 4 N–H and O–H groups in total. The number of pyridine rings is 1. The van der Waals surface area contributed by atoms with Crippen LogP contribution in [-0.2, 0) is 4.79 Å². The van der Waals surface area contributed by atoms with Crippen molar-refractivity contribution in [1.29, 1.82) is 0 Å². The number of benzene rings is 2. The summed E-state index contributed by atoms with van der Waals surface area (Å²) in [7, 11) is 1.91. The molecule has 8 heteroatoms. The minimum atomic E-state index is -0.585. The van der Waals surface area contributed by atoms with Crippen molar-refractivity contribution in [1.82, 2.24) is 15.3 Å². The monoisotopic (exact) mass is 445 g/mol. The Kier molecular flexibility index (Phi) is 6.66. The van der Waals surface area contributed by atoms with Gasteiger partial charge in [-0.2, -0.15) is 0 Å². The van der Waals surface area contributed by atoms with E-state index in [1.165, 1.54) is 6.08 Å². The Morgan fingerprint density at radius 2 is 1.97 bits per heavy atom. The van der Waals surface area contributed by atoms with Gasteiger partial charge < -0.3 is 25.7 Å². The molecule has 0 saturated carbocycles. The number of hydrogen-bond donors (Lipinski definition) is 4. The molecule has 0 spiro atoms. The number of aromatic amines is 1. The molecule has 1 amide bonds. The number of aromatic nitrogens is 2. The van der Waals surface area contributed by atoms with E-state index in [9.17, 15) is 9.18 Å². The minimum Gasteiger partial charge on any atom is -0.453 e. The number of carbonyl (C=O) groups excluding carboxylic acids is 1. The Bertz CT molecular complexity index is 1280. The Morgan fingerprint density at radius 3 is 2.73 bits per heavy atom. The van der Waals surface area contributed by atoms with Gasteiger partial charge in [0, 0.05) is 36.2 Å². The molecule has 7 nitrogen and oxygen atoms in total. The number of nitrogens with one attached hydrogen (secondary N) is 4. The number of hydrogen-bond acceptors (Lipinski definition) is 5. The van der Waals surface area contributed by atoms with Crippen LogP contribution in [0.1, 0.15) is 0 Å². The third-order valence-corrected chi connectivity index (χ3v) is 4.97. The smallest absolute Gasteiger partial charge is 0.247 e. The predicted molar refractivity (Wildman–Crippen MR) is 129 cm³/mol. The zero-order valence-electron chi connectivity index (χ0n) is 18.1. The fourth-order valence-corrected chi connectivity index (χ4v) is 3.33. The highest BCUT2D eigenvalue weighted by molar-refractivity contribution is 5.99. The molecule has 0 aliphatic heterocycles. The summed E-state index contributed by atoms with van der Waals surface area (Å²) in [4.78, 5) is 18.9. The zero-order valence-corrected chi connectivity index (χ0v) is 18.1. The highest BCUT2D eigenvalue weighted by Crippen LogP contribution is 2.35. The van der Waals surface area contributed by atoms with Crippen LogP contribution in [0.3, 0.4) is 0 Å². The first-order valence-electron chi connectivity index (χ1n) is 10.4. The summed E-state index contributed by atoms with van der Waals surface area (Å²) in [5.74, 6) is -0.496. The summed E-state index contributed by atoms with van der Waals surface area (Å²) < 4.78 is 20.6. The van der Waals surface area contributed by atoms with Gasteiger partial charge in [0.1, 0.15) is 11.4 Å². The predicted octanol–water partition coefficient (Wildman–Crippen LogP) is 4.92. The second-order valence-corrected chi connectivity index (χ2v) is 7.31. The molecule has 0 saturated heterocycles. The molecule has 0 bridgehead atoms. The van der Waals surface area contributed by atoms with Crippen LogP contribution in [0.4, 0.5) is 15.8 Å². The Morgan fingerprint density at radius 1 is 1.15 bits per heavy atom. The number of nitrogens with zero attached hydrogens (tertiary/aromatic N) is 1. The molecule has 2 aromatic carbocycles. The van der Waals surface area contributed by atoms with Gasteiger partial charge in [-0.05, 0) is 49.0 Å². The SMILES string of the molecule is C=CC(=O)Nc1cccc(Oc2c(F)cnc3[nH]c(-c4ccc(NCCNC)cc4)cc23)c1. The Balaban J connectivity index is 1.60. The van der Waals surface area contributed by atoms with Crippen molar-refractivity contribution < 1.29 is 13.9 Å². The molecule has 2 heterocycles. The first-order chi connectivity index (χ1) is 16.1. The van der Waals surface area contributed by atoms with E-state index in [0.717, 1.165) is 36.2 Å². The second-order valence-electron chi connectivity index (χ2n) is 7.31. The molecule has 33 heavy (non-hydrogen) atoms. The number of H-pyrrole nitrogens is 1. The van der Waals surface area contributed by atoms with Gasteiger partial charge in [0.25, 0.3) is 0 Å². The van der Waals surface area contributed by atoms with Crippen LogP contribution >= 0.6 is 0 Å². The summed E-state index contributed by atoms with van der Waals surface area (Å²) in [6, 6.07) is 16.5. The number of ether oxygens (including phenoxy) is 1. The summed E-state index contributed by atoms with van der Waals surface area (Å²) in [6.07, 6.45) is 2.29. The average Bonchev–Trinajstić information content (AvgIpc) is 3.26. The molecule has 0 aliphatic rings. The van der Waals surface area contributed by atoms with Crippen molar-refractivity contribution in [3.8, 4) is 22.8 Å². The van der Waals surface area contributed by atoms with E-state index >= 15 is 0 Å². The molecule has 0 unspecified atom stereocenters. The lowest BCUT2D eigenvalue weighted by molar-refractivity contribution is -0.111. The summed E-state index contributed by atoms with van der Waals surface area (Å²) in [6.45, 7) is 5.12. The van der Waals surface area contributed by atoms with E-state index in [4.69, 9.17) is 4.74 Å². The standard InChI is InChI=1S/C25H24FN5O2/c1-3-23(32)30-18-5-4-6-19(13-18)33-24-20-14-22(31-25(20)29-15-21(24)26)16-7-9-17(10-8-16)28-12-11-27-2/h3-10,13-15,27-28H,1,11-12H2,2H3,(H,29,31)(H,30,32). The van der Waals surface area contributed by atoms with Crippen molar-refractivity contribution in [2.75, 3.05) is 30.8 Å². The molecule has 4 aromatic rings. The van der Waals surface area contributed by atoms with Gasteiger partial charge in [-0.15, -0.1) is 0 Å². The highest BCUT2D eigenvalue weighted by Gasteiger charge is 2.15. The van der Waals surface area contributed by atoms with Gasteiger partial charge in [-0.1, -0.05) is 24.8 Å². The molecule has 0 atom stereocenters. The molecule has 0 fully saturated rings. The maximum atomic E-state index is 14.7.